The fourth-order valence-electron chi connectivity index (χ4n) is 1.56. The van der Waals surface area contributed by atoms with E-state index < -0.39 is 11.7 Å². The SMILES string of the molecule is Cc1nc(Br)cc(Nc2ccc(Br)c(C(F)(F)F)c2)n1. The second-order valence-electron chi connectivity index (χ2n) is 3.94. The number of aromatic nitrogens is 2. The van der Waals surface area contributed by atoms with Gasteiger partial charge in [-0.25, -0.2) is 9.97 Å². The molecule has 20 heavy (non-hydrogen) atoms. The van der Waals surface area contributed by atoms with Crippen LogP contribution < -0.4 is 5.32 Å². The van der Waals surface area contributed by atoms with Crippen molar-refractivity contribution in [2.45, 2.75) is 13.1 Å². The summed E-state index contributed by atoms with van der Waals surface area (Å²) in [6.07, 6.45) is -4.42. The van der Waals surface area contributed by atoms with E-state index in [2.05, 4.69) is 47.1 Å². The van der Waals surface area contributed by atoms with Crippen LogP contribution in [0.3, 0.4) is 0 Å². The minimum absolute atomic E-state index is 0.00408. The van der Waals surface area contributed by atoms with E-state index in [9.17, 15) is 13.2 Å². The normalized spacial score (nSPS) is 11.5. The van der Waals surface area contributed by atoms with E-state index in [0.717, 1.165) is 6.07 Å². The number of rotatable bonds is 2. The monoisotopic (exact) mass is 409 g/mol. The van der Waals surface area contributed by atoms with Crippen LogP contribution in [0.1, 0.15) is 11.4 Å². The number of hydrogen-bond donors (Lipinski definition) is 1. The largest absolute Gasteiger partial charge is 0.417 e. The molecular formula is C12H8Br2F3N3. The van der Waals surface area contributed by atoms with E-state index in [0.29, 0.717) is 21.9 Å². The summed E-state index contributed by atoms with van der Waals surface area (Å²) in [5.74, 6) is 0.926. The molecule has 1 aromatic heterocycles. The fraction of sp³-hybridized carbons (Fsp3) is 0.167. The van der Waals surface area contributed by atoms with E-state index in [1.807, 2.05) is 0 Å². The molecule has 0 aliphatic rings. The first kappa shape index (κ1) is 15.2. The summed E-state index contributed by atoms with van der Waals surface area (Å²) < 4.78 is 39.0. The lowest BCUT2D eigenvalue weighted by molar-refractivity contribution is -0.138. The summed E-state index contributed by atoms with van der Waals surface area (Å²) >= 11 is 6.10. The average Bonchev–Trinajstić information content (AvgIpc) is 2.29. The molecule has 0 saturated heterocycles. The molecule has 2 aromatic rings. The van der Waals surface area contributed by atoms with E-state index in [1.54, 1.807) is 13.0 Å². The summed E-state index contributed by atoms with van der Waals surface area (Å²) in [5.41, 5.74) is -0.446. The Kier molecular flexibility index (Phi) is 4.33. The molecule has 0 unspecified atom stereocenters. The van der Waals surface area contributed by atoms with Gasteiger partial charge in [-0.05, 0) is 41.1 Å². The molecule has 2 rings (SSSR count). The zero-order valence-electron chi connectivity index (χ0n) is 10.1. The predicted octanol–water partition coefficient (Wildman–Crippen LogP) is 5.07. The van der Waals surface area contributed by atoms with Crippen molar-refractivity contribution in [1.82, 2.24) is 9.97 Å². The molecule has 106 valence electrons. The van der Waals surface area contributed by atoms with E-state index >= 15 is 0 Å². The van der Waals surface area contributed by atoms with Crippen molar-refractivity contribution in [2.75, 3.05) is 5.32 Å². The van der Waals surface area contributed by atoms with Crippen LogP contribution in [0.4, 0.5) is 24.7 Å². The van der Waals surface area contributed by atoms with Gasteiger partial charge in [0.2, 0.25) is 0 Å². The molecule has 0 fully saturated rings. The van der Waals surface area contributed by atoms with Gasteiger partial charge in [-0.15, -0.1) is 0 Å². The highest BCUT2D eigenvalue weighted by Crippen LogP contribution is 2.36. The summed E-state index contributed by atoms with van der Waals surface area (Å²) in [6.45, 7) is 1.69. The summed E-state index contributed by atoms with van der Waals surface area (Å²) in [6, 6.07) is 5.48. The highest BCUT2D eigenvalue weighted by Gasteiger charge is 2.33. The van der Waals surface area contributed by atoms with E-state index in [-0.39, 0.29) is 4.47 Å². The van der Waals surface area contributed by atoms with Crippen LogP contribution in [0.2, 0.25) is 0 Å². The third-order valence-electron chi connectivity index (χ3n) is 2.35. The Hall–Kier alpha value is -1.15. The molecule has 0 spiro atoms. The topological polar surface area (TPSA) is 37.8 Å². The number of anilines is 2. The molecule has 0 aliphatic carbocycles. The van der Waals surface area contributed by atoms with Gasteiger partial charge in [-0.2, -0.15) is 13.2 Å². The molecule has 1 heterocycles. The first-order valence-corrected chi connectivity index (χ1v) is 6.99. The first-order valence-electron chi connectivity index (χ1n) is 5.40. The van der Waals surface area contributed by atoms with Crippen molar-refractivity contribution in [2.24, 2.45) is 0 Å². The Bertz CT molecular complexity index is 624. The van der Waals surface area contributed by atoms with E-state index in [1.165, 1.54) is 12.1 Å². The number of alkyl halides is 3. The zero-order valence-corrected chi connectivity index (χ0v) is 13.3. The number of benzene rings is 1. The first-order chi connectivity index (χ1) is 9.25. The van der Waals surface area contributed by atoms with Crippen LogP contribution in [-0.4, -0.2) is 9.97 Å². The Morgan fingerprint density at radius 3 is 2.40 bits per heavy atom. The maximum atomic E-state index is 12.8. The van der Waals surface area contributed by atoms with Crippen LogP contribution in [0.15, 0.2) is 33.3 Å². The van der Waals surface area contributed by atoms with Gasteiger partial charge in [0.15, 0.2) is 0 Å². The molecule has 0 bridgehead atoms. The smallest absolute Gasteiger partial charge is 0.340 e. The van der Waals surface area contributed by atoms with Crippen molar-refractivity contribution in [3.8, 4) is 0 Å². The number of nitrogens with zero attached hydrogens (tertiary/aromatic N) is 2. The van der Waals surface area contributed by atoms with Crippen molar-refractivity contribution < 1.29 is 13.2 Å². The number of aryl methyl sites for hydroxylation is 1. The van der Waals surface area contributed by atoms with Crippen molar-refractivity contribution in [1.29, 1.82) is 0 Å². The summed E-state index contributed by atoms with van der Waals surface area (Å²) in [5, 5.41) is 2.82. The van der Waals surface area contributed by atoms with Gasteiger partial charge in [0.25, 0.3) is 0 Å². The second kappa shape index (κ2) is 5.69. The lowest BCUT2D eigenvalue weighted by Crippen LogP contribution is -2.07. The molecule has 1 aromatic carbocycles. The standard InChI is InChI=1S/C12H8Br2F3N3/c1-6-18-10(14)5-11(19-6)20-7-2-3-9(13)8(4-7)12(15,16)17/h2-5H,1H3,(H,18,19,20). The van der Waals surface area contributed by atoms with E-state index in [4.69, 9.17) is 0 Å². The highest BCUT2D eigenvalue weighted by molar-refractivity contribution is 9.10. The molecule has 0 radical (unpaired) electrons. The van der Waals surface area contributed by atoms with Gasteiger partial charge >= 0.3 is 6.18 Å². The van der Waals surface area contributed by atoms with Gasteiger partial charge in [-0.1, -0.05) is 15.9 Å². The van der Waals surface area contributed by atoms with Gasteiger partial charge in [0.05, 0.1) is 5.56 Å². The molecule has 3 nitrogen and oxygen atoms in total. The Labute approximate surface area is 129 Å². The van der Waals surface area contributed by atoms with Gasteiger partial charge in [0, 0.05) is 16.2 Å². The maximum absolute atomic E-state index is 12.8. The third-order valence-corrected chi connectivity index (χ3v) is 3.45. The summed E-state index contributed by atoms with van der Waals surface area (Å²) in [7, 11) is 0. The minimum atomic E-state index is -4.42. The van der Waals surface area contributed by atoms with Crippen LogP contribution in [0, 0.1) is 6.92 Å². The third kappa shape index (κ3) is 3.69. The molecule has 1 N–H and O–H groups in total. The number of hydrogen-bond acceptors (Lipinski definition) is 3. The molecule has 0 atom stereocenters. The van der Waals surface area contributed by atoms with Gasteiger partial charge in [0.1, 0.15) is 16.2 Å². The van der Waals surface area contributed by atoms with Crippen LogP contribution >= 0.6 is 31.9 Å². The molecule has 0 amide bonds. The maximum Gasteiger partial charge on any atom is 0.417 e. The van der Waals surface area contributed by atoms with Gasteiger partial charge < -0.3 is 5.32 Å². The van der Waals surface area contributed by atoms with Crippen molar-refractivity contribution in [3.63, 3.8) is 0 Å². The number of halogens is 5. The molecular weight excluding hydrogens is 403 g/mol. The second-order valence-corrected chi connectivity index (χ2v) is 5.61. The van der Waals surface area contributed by atoms with Crippen molar-refractivity contribution in [3.05, 3.63) is 44.7 Å². The van der Waals surface area contributed by atoms with Crippen LogP contribution in [-0.2, 0) is 6.18 Å². The highest BCUT2D eigenvalue weighted by atomic mass is 79.9. The van der Waals surface area contributed by atoms with Crippen LogP contribution in [0.25, 0.3) is 0 Å². The minimum Gasteiger partial charge on any atom is -0.340 e. The predicted molar refractivity (Wildman–Crippen MR) is 76.9 cm³/mol. The van der Waals surface area contributed by atoms with Gasteiger partial charge in [-0.3, -0.25) is 0 Å². The molecule has 0 aliphatic heterocycles. The quantitative estimate of drug-likeness (QED) is 0.702. The number of nitrogens with one attached hydrogen (secondary N) is 1. The Morgan fingerprint density at radius 2 is 1.80 bits per heavy atom. The Balaban J connectivity index is 2.35. The molecule has 8 heteroatoms. The lowest BCUT2D eigenvalue weighted by atomic mass is 10.2. The molecule has 0 saturated carbocycles. The Morgan fingerprint density at radius 1 is 1.10 bits per heavy atom. The van der Waals surface area contributed by atoms with Crippen LogP contribution in [0.5, 0.6) is 0 Å². The lowest BCUT2D eigenvalue weighted by Gasteiger charge is -2.12. The van der Waals surface area contributed by atoms with Crippen molar-refractivity contribution >= 4 is 43.4 Å². The fourth-order valence-corrected chi connectivity index (χ4v) is 2.51. The zero-order chi connectivity index (χ0) is 14.9. The average molecular weight is 411 g/mol. The summed E-state index contributed by atoms with van der Waals surface area (Å²) in [4.78, 5) is 8.12.